The fourth-order valence-electron chi connectivity index (χ4n) is 2.33. The third kappa shape index (κ3) is 2.87. The predicted octanol–water partition coefficient (Wildman–Crippen LogP) is 2.27. The Morgan fingerprint density at radius 3 is 2.81 bits per heavy atom. The van der Waals surface area contributed by atoms with E-state index in [1.54, 1.807) is 6.20 Å². The Bertz CT molecular complexity index is 734. The molecule has 21 heavy (non-hydrogen) atoms. The maximum atomic E-state index is 5.79. The Morgan fingerprint density at radius 1 is 1.19 bits per heavy atom. The molecule has 1 N–H and O–H groups in total. The second-order valence-corrected chi connectivity index (χ2v) is 4.89. The minimum atomic E-state index is 0.439. The number of rotatable bonds is 5. The lowest BCUT2D eigenvalue weighted by Gasteiger charge is -2.05. The van der Waals surface area contributed by atoms with Crippen molar-refractivity contribution in [2.75, 3.05) is 7.05 Å². The van der Waals surface area contributed by atoms with E-state index in [0.717, 1.165) is 34.6 Å². The van der Waals surface area contributed by atoms with Crippen LogP contribution in [0.15, 0.2) is 42.6 Å². The number of pyridine rings is 1. The van der Waals surface area contributed by atoms with Gasteiger partial charge in [0.25, 0.3) is 0 Å². The highest BCUT2D eigenvalue weighted by Crippen LogP contribution is 2.19. The van der Waals surface area contributed by atoms with Crippen LogP contribution in [0.1, 0.15) is 11.4 Å². The lowest BCUT2D eigenvalue weighted by Crippen LogP contribution is -2.06. The molecular formula is C16H18N4O. The van der Waals surface area contributed by atoms with Crippen LogP contribution in [0.25, 0.3) is 10.9 Å². The molecule has 0 amide bonds. The van der Waals surface area contributed by atoms with Crippen molar-refractivity contribution in [1.29, 1.82) is 0 Å². The van der Waals surface area contributed by atoms with E-state index in [1.165, 1.54) is 0 Å². The number of nitrogens with zero attached hydrogens (tertiary/aromatic N) is 3. The zero-order valence-corrected chi connectivity index (χ0v) is 12.2. The minimum Gasteiger partial charge on any atom is -0.486 e. The zero-order valence-electron chi connectivity index (χ0n) is 12.2. The van der Waals surface area contributed by atoms with E-state index in [1.807, 2.05) is 43.0 Å². The fourth-order valence-corrected chi connectivity index (χ4v) is 2.33. The monoisotopic (exact) mass is 282 g/mol. The standard InChI is InChI=1S/C16H18N4O/c1-17-9-12-7-8-13(10-18-12)21-11-15-14-5-3-4-6-16(14)20(2)19-15/h3-8,10,17H,9,11H2,1-2H3. The molecule has 0 aliphatic heterocycles. The summed E-state index contributed by atoms with van der Waals surface area (Å²) in [7, 11) is 3.85. The molecule has 0 aliphatic carbocycles. The summed E-state index contributed by atoms with van der Waals surface area (Å²) in [5.74, 6) is 0.754. The van der Waals surface area contributed by atoms with Crippen LogP contribution in [-0.4, -0.2) is 21.8 Å². The molecule has 0 saturated heterocycles. The molecule has 2 aromatic heterocycles. The average molecular weight is 282 g/mol. The number of hydrogen-bond acceptors (Lipinski definition) is 4. The number of benzene rings is 1. The van der Waals surface area contributed by atoms with Crippen molar-refractivity contribution in [3.8, 4) is 5.75 Å². The van der Waals surface area contributed by atoms with Gasteiger partial charge in [-0.1, -0.05) is 18.2 Å². The van der Waals surface area contributed by atoms with Gasteiger partial charge in [-0.3, -0.25) is 9.67 Å². The number of para-hydroxylation sites is 1. The fraction of sp³-hybridized carbons (Fsp3) is 0.250. The average Bonchev–Trinajstić information content (AvgIpc) is 2.84. The largest absolute Gasteiger partial charge is 0.486 e. The molecular weight excluding hydrogens is 264 g/mol. The highest BCUT2D eigenvalue weighted by atomic mass is 16.5. The van der Waals surface area contributed by atoms with Crippen molar-refractivity contribution < 1.29 is 4.74 Å². The molecule has 1 aromatic carbocycles. The Kier molecular flexibility index (Phi) is 3.83. The Morgan fingerprint density at radius 2 is 2.05 bits per heavy atom. The van der Waals surface area contributed by atoms with Crippen molar-refractivity contribution in [1.82, 2.24) is 20.1 Å². The number of nitrogens with one attached hydrogen (secondary N) is 1. The molecule has 0 bridgehead atoms. The van der Waals surface area contributed by atoms with Gasteiger partial charge in [0.2, 0.25) is 0 Å². The first-order valence-corrected chi connectivity index (χ1v) is 6.91. The molecule has 3 rings (SSSR count). The summed E-state index contributed by atoms with van der Waals surface area (Å²) in [6.07, 6.45) is 1.75. The van der Waals surface area contributed by atoms with Gasteiger partial charge in [0, 0.05) is 19.0 Å². The van der Waals surface area contributed by atoms with Gasteiger partial charge in [-0.25, -0.2) is 0 Å². The van der Waals surface area contributed by atoms with Crippen LogP contribution in [0.5, 0.6) is 5.75 Å². The molecule has 2 heterocycles. The lowest BCUT2D eigenvalue weighted by molar-refractivity contribution is 0.300. The maximum absolute atomic E-state index is 5.79. The minimum absolute atomic E-state index is 0.439. The predicted molar refractivity (Wildman–Crippen MR) is 82.0 cm³/mol. The molecule has 0 unspecified atom stereocenters. The maximum Gasteiger partial charge on any atom is 0.138 e. The van der Waals surface area contributed by atoms with Crippen molar-refractivity contribution in [2.45, 2.75) is 13.2 Å². The summed E-state index contributed by atoms with van der Waals surface area (Å²) in [4.78, 5) is 4.34. The highest BCUT2D eigenvalue weighted by molar-refractivity contribution is 5.81. The van der Waals surface area contributed by atoms with E-state index in [4.69, 9.17) is 4.74 Å². The summed E-state index contributed by atoms with van der Waals surface area (Å²) in [6.45, 7) is 1.19. The molecule has 0 aliphatic rings. The quantitative estimate of drug-likeness (QED) is 0.780. The van der Waals surface area contributed by atoms with Gasteiger partial charge in [-0.15, -0.1) is 0 Å². The van der Waals surface area contributed by atoms with Gasteiger partial charge in [0.1, 0.15) is 18.1 Å². The summed E-state index contributed by atoms with van der Waals surface area (Å²) in [5.41, 5.74) is 3.04. The van der Waals surface area contributed by atoms with E-state index < -0.39 is 0 Å². The van der Waals surface area contributed by atoms with Gasteiger partial charge >= 0.3 is 0 Å². The molecule has 5 nitrogen and oxygen atoms in total. The summed E-state index contributed by atoms with van der Waals surface area (Å²) >= 11 is 0. The number of ether oxygens (including phenoxy) is 1. The van der Waals surface area contributed by atoms with E-state index in [0.29, 0.717) is 6.61 Å². The molecule has 5 heteroatoms. The first-order chi connectivity index (χ1) is 10.3. The third-order valence-electron chi connectivity index (χ3n) is 3.37. The van der Waals surface area contributed by atoms with Gasteiger partial charge in [0.15, 0.2) is 0 Å². The van der Waals surface area contributed by atoms with Gasteiger partial charge in [0.05, 0.1) is 17.4 Å². The molecule has 0 atom stereocenters. The van der Waals surface area contributed by atoms with Crippen LogP contribution < -0.4 is 10.1 Å². The van der Waals surface area contributed by atoms with E-state index in [2.05, 4.69) is 27.5 Å². The number of aromatic nitrogens is 3. The first kappa shape index (κ1) is 13.6. The third-order valence-corrected chi connectivity index (χ3v) is 3.37. The summed E-state index contributed by atoms with van der Waals surface area (Å²) < 4.78 is 7.67. The topological polar surface area (TPSA) is 52.0 Å². The van der Waals surface area contributed by atoms with Crippen LogP contribution in [-0.2, 0) is 20.2 Å². The second-order valence-electron chi connectivity index (χ2n) is 4.89. The van der Waals surface area contributed by atoms with Crippen molar-refractivity contribution in [2.24, 2.45) is 7.05 Å². The van der Waals surface area contributed by atoms with Crippen LogP contribution >= 0.6 is 0 Å². The first-order valence-electron chi connectivity index (χ1n) is 6.91. The van der Waals surface area contributed by atoms with E-state index >= 15 is 0 Å². The molecule has 0 spiro atoms. The summed E-state index contributed by atoms with van der Waals surface area (Å²) in [5, 5.41) is 8.71. The number of fused-ring (bicyclic) bond motifs is 1. The Labute approximate surface area is 123 Å². The van der Waals surface area contributed by atoms with Crippen LogP contribution in [0.3, 0.4) is 0 Å². The normalized spacial score (nSPS) is 11.0. The molecule has 0 radical (unpaired) electrons. The van der Waals surface area contributed by atoms with Crippen LogP contribution in [0.4, 0.5) is 0 Å². The Balaban J connectivity index is 1.74. The highest BCUT2D eigenvalue weighted by Gasteiger charge is 2.08. The SMILES string of the molecule is CNCc1ccc(OCc2nn(C)c3ccccc23)cn1. The Hall–Kier alpha value is -2.40. The number of aryl methyl sites for hydroxylation is 1. The zero-order chi connectivity index (χ0) is 14.7. The molecule has 0 fully saturated rings. The molecule has 0 saturated carbocycles. The van der Waals surface area contributed by atoms with Crippen molar-refractivity contribution in [3.05, 3.63) is 54.0 Å². The van der Waals surface area contributed by atoms with Gasteiger partial charge in [-0.05, 0) is 25.2 Å². The van der Waals surface area contributed by atoms with Crippen molar-refractivity contribution in [3.63, 3.8) is 0 Å². The molecule has 108 valence electrons. The van der Waals surface area contributed by atoms with Crippen LogP contribution in [0.2, 0.25) is 0 Å². The summed E-state index contributed by atoms with van der Waals surface area (Å²) in [6, 6.07) is 12.0. The lowest BCUT2D eigenvalue weighted by atomic mass is 10.2. The smallest absolute Gasteiger partial charge is 0.138 e. The van der Waals surface area contributed by atoms with Crippen molar-refractivity contribution >= 4 is 10.9 Å². The van der Waals surface area contributed by atoms with E-state index in [9.17, 15) is 0 Å². The number of hydrogen-bond donors (Lipinski definition) is 1. The second kappa shape index (κ2) is 5.93. The van der Waals surface area contributed by atoms with E-state index in [-0.39, 0.29) is 0 Å². The molecule has 3 aromatic rings. The van der Waals surface area contributed by atoms with Gasteiger partial charge in [-0.2, -0.15) is 5.10 Å². The van der Waals surface area contributed by atoms with Gasteiger partial charge < -0.3 is 10.1 Å². The van der Waals surface area contributed by atoms with Crippen LogP contribution in [0, 0.1) is 0 Å².